The molecule has 1 aromatic carbocycles. The molecule has 28 heavy (non-hydrogen) atoms. The summed E-state index contributed by atoms with van der Waals surface area (Å²) in [7, 11) is 0. The van der Waals surface area contributed by atoms with Crippen molar-refractivity contribution in [3.63, 3.8) is 0 Å². The van der Waals surface area contributed by atoms with Crippen molar-refractivity contribution >= 4 is 0 Å². The Bertz CT molecular complexity index is 950. The van der Waals surface area contributed by atoms with Gasteiger partial charge in [-0.05, 0) is 55.6 Å². The fourth-order valence-corrected chi connectivity index (χ4v) is 4.80. The van der Waals surface area contributed by atoms with E-state index in [2.05, 4.69) is 44.1 Å². The van der Waals surface area contributed by atoms with Crippen LogP contribution in [0.1, 0.15) is 29.5 Å². The first-order valence-electron chi connectivity index (χ1n) is 9.96. The molecule has 3 aromatic rings. The Kier molecular flexibility index (Phi) is 4.41. The molecule has 1 spiro atoms. The smallest absolute Gasteiger partial charge is 0.178 e. The Morgan fingerprint density at radius 1 is 0.964 bits per heavy atom. The molecule has 1 unspecified atom stereocenters. The molecule has 0 saturated carbocycles. The highest BCUT2D eigenvalue weighted by Gasteiger charge is 2.47. The molecule has 0 bridgehead atoms. The number of aliphatic hydroxyl groups is 1. The van der Waals surface area contributed by atoms with E-state index in [9.17, 15) is 5.11 Å². The number of pyridine rings is 1. The molecule has 5 nitrogen and oxygen atoms in total. The molecule has 0 amide bonds. The molecular weight excluding hydrogens is 348 g/mol. The van der Waals surface area contributed by atoms with E-state index in [1.807, 2.05) is 30.6 Å². The van der Waals surface area contributed by atoms with Gasteiger partial charge in [-0.15, -0.1) is 0 Å². The van der Waals surface area contributed by atoms with Crippen molar-refractivity contribution in [3.8, 4) is 11.5 Å². The van der Waals surface area contributed by atoms with E-state index >= 15 is 0 Å². The summed E-state index contributed by atoms with van der Waals surface area (Å²) in [5.41, 5.74) is 4.53. The third-order valence-electron chi connectivity index (χ3n) is 6.36. The van der Waals surface area contributed by atoms with Crippen LogP contribution in [0.15, 0.2) is 61.1 Å². The Hall–Kier alpha value is -2.63. The fourth-order valence-electron chi connectivity index (χ4n) is 4.80. The normalized spacial score (nSPS) is 21.0. The van der Waals surface area contributed by atoms with Crippen LogP contribution in [0.5, 0.6) is 0 Å². The van der Waals surface area contributed by atoms with Gasteiger partial charge in [0.05, 0.1) is 6.10 Å². The summed E-state index contributed by atoms with van der Waals surface area (Å²) in [6.45, 7) is 2.80. The zero-order valence-electron chi connectivity index (χ0n) is 15.8. The van der Waals surface area contributed by atoms with Gasteiger partial charge in [0, 0.05) is 36.1 Å². The summed E-state index contributed by atoms with van der Waals surface area (Å²) in [4.78, 5) is 15.7. The summed E-state index contributed by atoms with van der Waals surface area (Å²) in [5.74, 6) is 0.660. The summed E-state index contributed by atoms with van der Waals surface area (Å²) < 4.78 is 0. The maximum Gasteiger partial charge on any atom is 0.178 e. The van der Waals surface area contributed by atoms with E-state index in [0.29, 0.717) is 5.82 Å². The number of hydrogen-bond donors (Lipinski definition) is 1. The topological polar surface area (TPSA) is 62.1 Å². The molecule has 0 radical (unpaired) electrons. The fraction of sp³-hybridized carbons (Fsp3) is 0.348. The van der Waals surface area contributed by atoms with Crippen molar-refractivity contribution in [1.82, 2.24) is 19.9 Å². The Labute approximate surface area is 165 Å². The van der Waals surface area contributed by atoms with E-state index in [0.717, 1.165) is 50.2 Å². The zero-order valence-corrected chi connectivity index (χ0v) is 15.8. The van der Waals surface area contributed by atoms with Crippen molar-refractivity contribution in [3.05, 3.63) is 77.7 Å². The molecule has 1 atom stereocenters. The van der Waals surface area contributed by atoms with Gasteiger partial charge in [-0.2, -0.15) is 0 Å². The molecule has 2 aromatic heterocycles. The summed E-state index contributed by atoms with van der Waals surface area (Å²) in [5, 5.41) is 10.8. The van der Waals surface area contributed by atoms with Crippen LogP contribution in [-0.4, -0.2) is 44.2 Å². The largest absolute Gasteiger partial charge is 0.392 e. The second-order valence-corrected chi connectivity index (χ2v) is 7.94. The average Bonchev–Trinajstić information content (AvgIpc) is 3.02. The van der Waals surface area contributed by atoms with E-state index in [1.54, 1.807) is 6.20 Å². The second-order valence-electron chi connectivity index (χ2n) is 7.94. The number of nitrogens with zero attached hydrogens (tertiary/aromatic N) is 4. The molecule has 5 rings (SSSR count). The highest BCUT2D eigenvalue weighted by molar-refractivity contribution is 5.47. The van der Waals surface area contributed by atoms with E-state index in [4.69, 9.17) is 0 Å². The summed E-state index contributed by atoms with van der Waals surface area (Å²) in [6, 6.07) is 14.3. The second kappa shape index (κ2) is 7.08. The van der Waals surface area contributed by atoms with Gasteiger partial charge in [0.2, 0.25) is 0 Å². The maximum atomic E-state index is 10.8. The third kappa shape index (κ3) is 3.01. The van der Waals surface area contributed by atoms with Gasteiger partial charge in [-0.1, -0.05) is 30.3 Å². The molecule has 142 valence electrons. The monoisotopic (exact) mass is 372 g/mol. The van der Waals surface area contributed by atoms with Gasteiger partial charge < -0.3 is 5.11 Å². The molecule has 1 aliphatic carbocycles. The van der Waals surface area contributed by atoms with Crippen LogP contribution < -0.4 is 0 Å². The Balaban J connectivity index is 1.26. The van der Waals surface area contributed by atoms with Crippen molar-refractivity contribution in [1.29, 1.82) is 0 Å². The number of piperidine rings is 1. The van der Waals surface area contributed by atoms with E-state index in [-0.39, 0.29) is 11.5 Å². The van der Waals surface area contributed by atoms with Crippen molar-refractivity contribution in [2.75, 3.05) is 13.1 Å². The van der Waals surface area contributed by atoms with Crippen LogP contribution in [0.4, 0.5) is 0 Å². The van der Waals surface area contributed by atoms with Crippen LogP contribution in [0.25, 0.3) is 11.5 Å². The lowest BCUT2D eigenvalue weighted by Gasteiger charge is -2.42. The first-order chi connectivity index (χ1) is 13.7. The minimum atomic E-state index is -0.256. The average molecular weight is 372 g/mol. The number of hydrogen-bond acceptors (Lipinski definition) is 5. The predicted molar refractivity (Wildman–Crippen MR) is 108 cm³/mol. The molecule has 3 heterocycles. The number of aromatic nitrogens is 3. The van der Waals surface area contributed by atoms with E-state index in [1.165, 1.54) is 11.1 Å². The first kappa shape index (κ1) is 17.5. The van der Waals surface area contributed by atoms with Crippen molar-refractivity contribution in [2.24, 2.45) is 0 Å². The van der Waals surface area contributed by atoms with Crippen molar-refractivity contribution < 1.29 is 5.11 Å². The maximum absolute atomic E-state index is 10.8. The predicted octanol–water partition coefficient (Wildman–Crippen LogP) is 2.99. The molecule has 5 heteroatoms. The summed E-state index contributed by atoms with van der Waals surface area (Å²) >= 11 is 0. The van der Waals surface area contributed by atoms with Gasteiger partial charge in [0.1, 0.15) is 5.69 Å². The lowest BCUT2D eigenvalue weighted by molar-refractivity contribution is 0.0413. The van der Waals surface area contributed by atoms with Gasteiger partial charge in [-0.3, -0.25) is 9.88 Å². The standard InChI is InChI=1S/C23H24N4O/c28-21-13-18-5-1-2-6-19(18)23(21)8-11-27(12-9-23)16-17-14-25-22(26-15-17)20-7-3-4-10-24-20/h1-7,10,14-15,21,28H,8-9,11-13,16H2. The molecular formula is C23H24N4O. The van der Waals surface area contributed by atoms with Crippen LogP contribution in [0.2, 0.25) is 0 Å². The SMILES string of the molecule is OC1Cc2ccccc2C12CCN(Cc1cnc(-c3ccccn3)nc1)CC2. The van der Waals surface area contributed by atoms with Gasteiger partial charge in [0.25, 0.3) is 0 Å². The number of likely N-dealkylation sites (tertiary alicyclic amines) is 1. The molecule has 1 fully saturated rings. The number of benzene rings is 1. The Morgan fingerprint density at radius 3 is 2.46 bits per heavy atom. The third-order valence-corrected chi connectivity index (χ3v) is 6.36. The summed E-state index contributed by atoms with van der Waals surface area (Å²) in [6.07, 6.45) is 8.09. The van der Waals surface area contributed by atoms with Crippen LogP contribution in [0.3, 0.4) is 0 Å². The minimum absolute atomic E-state index is 0.0631. The van der Waals surface area contributed by atoms with Gasteiger partial charge >= 0.3 is 0 Å². The van der Waals surface area contributed by atoms with Crippen LogP contribution in [0, 0.1) is 0 Å². The molecule has 1 aliphatic heterocycles. The van der Waals surface area contributed by atoms with Crippen LogP contribution >= 0.6 is 0 Å². The zero-order chi connectivity index (χ0) is 19.0. The van der Waals surface area contributed by atoms with Gasteiger partial charge in [0.15, 0.2) is 5.82 Å². The molecule has 2 aliphatic rings. The van der Waals surface area contributed by atoms with Crippen molar-refractivity contribution in [2.45, 2.75) is 37.3 Å². The van der Waals surface area contributed by atoms with Crippen LogP contribution in [-0.2, 0) is 18.4 Å². The van der Waals surface area contributed by atoms with Gasteiger partial charge in [-0.25, -0.2) is 9.97 Å². The minimum Gasteiger partial charge on any atom is -0.392 e. The number of rotatable bonds is 3. The molecule has 1 saturated heterocycles. The highest BCUT2D eigenvalue weighted by Crippen LogP contribution is 2.46. The quantitative estimate of drug-likeness (QED) is 0.766. The highest BCUT2D eigenvalue weighted by atomic mass is 16.3. The first-order valence-corrected chi connectivity index (χ1v) is 9.96. The van der Waals surface area contributed by atoms with E-state index < -0.39 is 0 Å². The molecule has 1 N–H and O–H groups in total. The Morgan fingerprint density at radius 2 is 1.71 bits per heavy atom. The number of aliphatic hydroxyl groups excluding tert-OH is 1. The lowest BCUT2D eigenvalue weighted by Crippen LogP contribution is -2.47. The number of fused-ring (bicyclic) bond motifs is 2. The lowest BCUT2D eigenvalue weighted by atomic mass is 9.72.